The molecule has 0 bridgehead atoms. The van der Waals surface area contributed by atoms with Crippen LogP contribution in [0.25, 0.3) is 11.3 Å². The summed E-state index contributed by atoms with van der Waals surface area (Å²) in [5.74, 6) is -0.323. The minimum absolute atomic E-state index is 0.180. The lowest BCUT2D eigenvalue weighted by Gasteiger charge is -2.02. The van der Waals surface area contributed by atoms with Gasteiger partial charge in [-0.2, -0.15) is 0 Å². The van der Waals surface area contributed by atoms with Gasteiger partial charge in [0.1, 0.15) is 11.5 Å². The number of rotatable bonds is 4. The molecule has 0 aliphatic heterocycles. The maximum Gasteiger partial charge on any atom is 0.251 e. The van der Waals surface area contributed by atoms with E-state index in [0.29, 0.717) is 27.6 Å². The molecule has 3 aromatic rings. The number of carbonyl (C=O) groups is 1. The number of aromatic nitrogens is 1. The summed E-state index contributed by atoms with van der Waals surface area (Å²) in [5.41, 5.74) is 1.33. The summed E-state index contributed by atoms with van der Waals surface area (Å²) in [6.45, 7) is 0.180. The highest BCUT2D eigenvalue weighted by molar-refractivity contribution is 6.30. The molecule has 0 saturated carbocycles. The Morgan fingerprint density at radius 1 is 1.17 bits per heavy atom. The monoisotopic (exact) mass is 330 g/mol. The number of hydrogen-bond acceptors (Lipinski definition) is 3. The Morgan fingerprint density at radius 3 is 2.65 bits per heavy atom. The highest BCUT2D eigenvalue weighted by atomic mass is 35.5. The van der Waals surface area contributed by atoms with Crippen LogP contribution in [0.3, 0.4) is 0 Å². The summed E-state index contributed by atoms with van der Waals surface area (Å²) < 4.78 is 18.8. The number of amides is 1. The normalized spacial score (nSPS) is 10.5. The first-order valence-electron chi connectivity index (χ1n) is 6.88. The zero-order valence-corrected chi connectivity index (χ0v) is 12.7. The van der Waals surface area contributed by atoms with Gasteiger partial charge in [-0.1, -0.05) is 28.9 Å². The molecule has 0 unspecified atom stereocenters. The van der Waals surface area contributed by atoms with Crippen molar-refractivity contribution in [1.82, 2.24) is 10.5 Å². The predicted octanol–water partition coefficient (Wildman–Crippen LogP) is 4.06. The summed E-state index contributed by atoms with van der Waals surface area (Å²) in [7, 11) is 0. The summed E-state index contributed by atoms with van der Waals surface area (Å²) in [6, 6.07) is 14.4. The van der Waals surface area contributed by atoms with Crippen LogP contribution in [0.1, 0.15) is 16.1 Å². The van der Waals surface area contributed by atoms with E-state index in [1.54, 1.807) is 48.5 Å². The van der Waals surface area contributed by atoms with E-state index in [2.05, 4.69) is 10.5 Å². The van der Waals surface area contributed by atoms with Crippen molar-refractivity contribution in [3.8, 4) is 11.3 Å². The van der Waals surface area contributed by atoms with Crippen LogP contribution in [0.2, 0.25) is 5.02 Å². The summed E-state index contributed by atoms with van der Waals surface area (Å²) >= 11 is 5.78. The molecule has 1 heterocycles. The van der Waals surface area contributed by atoms with Gasteiger partial charge in [0.05, 0.1) is 12.1 Å². The molecule has 0 saturated heterocycles. The maximum absolute atomic E-state index is 13.7. The van der Waals surface area contributed by atoms with Gasteiger partial charge in [0.15, 0.2) is 5.76 Å². The minimum Gasteiger partial charge on any atom is -0.356 e. The van der Waals surface area contributed by atoms with Gasteiger partial charge in [0.25, 0.3) is 5.91 Å². The lowest BCUT2D eigenvalue weighted by Crippen LogP contribution is -2.22. The Hall–Kier alpha value is -2.66. The average molecular weight is 331 g/mol. The SMILES string of the molecule is O=C(NCc1cc(-c2ccccc2F)on1)c1ccc(Cl)cc1. The van der Waals surface area contributed by atoms with Crippen LogP contribution < -0.4 is 5.32 Å². The van der Waals surface area contributed by atoms with Gasteiger partial charge >= 0.3 is 0 Å². The summed E-state index contributed by atoms with van der Waals surface area (Å²) in [5, 5.41) is 7.11. The van der Waals surface area contributed by atoms with Crippen LogP contribution in [-0.2, 0) is 6.54 Å². The van der Waals surface area contributed by atoms with E-state index < -0.39 is 0 Å². The van der Waals surface area contributed by atoms with E-state index in [0.717, 1.165) is 0 Å². The first-order chi connectivity index (χ1) is 11.1. The van der Waals surface area contributed by atoms with E-state index in [-0.39, 0.29) is 18.3 Å². The van der Waals surface area contributed by atoms with Gasteiger partial charge in [0, 0.05) is 16.7 Å². The number of carbonyl (C=O) groups excluding carboxylic acids is 1. The molecule has 23 heavy (non-hydrogen) atoms. The number of hydrogen-bond donors (Lipinski definition) is 1. The first kappa shape index (κ1) is 15.2. The molecular weight excluding hydrogens is 319 g/mol. The fraction of sp³-hybridized carbons (Fsp3) is 0.0588. The number of benzene rings is 2. The quantitative estimate of drug-likeness (QED) is 0.784. The van der Waals surface area contributed by atoms with Crippen LogP contribution in [0.4, 0.5) is 4.39 Å². The highest BCUT2D eigenvalue weighted by Gasteiger charge is 2.12. The van der Waals surface area contributed by atoms with Gasteiger partial charge in [-0.05, 0) is 36.4 Å². The van der Waals surface area contributed by atoms with Crippen molar-refractivity contribution in [2.24, 2.45) is 0 Å². The maximum atomic E-state index is 13.7. The molecule has 1 N–H and O–H groups in total. The second-order valence-electron chi connectivity index (χ2n) is 4.85. The second-order valence-corrected chi connectivity index (χ2v) is 5.29. The van der Waals surface area contributed by atoms with E-state index in [4.69, 9.17) is 16.1 Å². The van der Waals surface area contributed by atoms with Gasteiger partial charge in [-0.25, -0.2) is 4.39 Å². The van der Waals surface area contributed by atoms with E-state index in [9.17, 15) is 9.18 Å². The molecule has 0 radical (unpaired) electrons. The van der Waals surface area contributed by atoms with E-state index >= 15 is 0 Å². The number of nitrogens with one attached hydrogen (secondary N) is 1. The standard InChI is InChI=1S/C17H12ClFN2O2/c18-12-7-5-11(6-8-12)17(22)20-10-13-9-16(23-21-13)14-3-1-2-4-15(14)19/h1-9H,10H2,(H,20,22). The van der Waals surface area contributed by atoms with Crippen LogP contribution in [0, 0.1) is 5.82 Å². The predicted molar refractivity (Wildman–Crippen MR) is 84.5 cm³/mol. The first-order valence-corrected chi connectivity index (χ1v) is 7.25. The molecule has 4 nitrogen and oxygen atoms in total. The van der Waals surface area contributed by atoms with Crippen molar-refractivity contribution in [3.05, 3.63) is 76.7 Å². The van der Waals surface area contributed by atoms with Gasteiger partial charge < -0.3 is 9.84 Å². The Kier molecular flexibility index (Phi) is 4.39. The van der Waals surface area contributed by atoms with E-state index in [1.807, 2.05) is 0 Å². The summed E-state index contributed by atoms with van der Waals surface area (Å²) in [6.07, 6.45) is 0. The molecule has 0 aliphatic rings. The highest BCUT2D eigenvalue weighted by Crippen LogP contribution is 2.23. The molecular formula is C17H12ClFN2O2. The molecule has 6 heteroatoms. The second kappa shape index (κ2) is 6.62. The van der Waals surface area contributed by atoms with Gasteiger partial charge in [-0.3, -0.25) is 4.79 Å². The van der Waals surface area contributed by atoms with Crippen molar-refractivity contribution in [3.63, 3.8) is 0 Å². The molecule has 0 aliphatic carbocycles. The molecule has 3 rings (SSSR count). The third-order valence-electron chi connectivity index (χ3n) is 3.23. The average Bonchev–Trinajstić information content (AvgIpc) is 3.02. The Balaban J connectivity index is 1.67. The fourth-order valence-corrected chi connectivity index (χ4v) is 2.18. The van der Waals surface area contributed by atoms with Gasteiger partial charge in [0.2, 0.25) is 0 Å². The Bertz CT molecular complexity index is 831. The fourth-order valence-electron chi connectivity index (χ4n) is 2.06. The van der Waals surface area contributed by atoms with Crippen molar-refractivity contribution >= 4 is 17.5 Å². The Labute approximate surface area is 136 Å². The Morgan fingerprint density at radius 2 is 1.91 bits per heavy atom. The zero-order valence-electron chi connectivity index (χ0n) is 11.9. The third-order valence-corrected chi connectivity index (χ3v) is 3.49. The molecule has 1 amide bonds. The lowest BCUT2D eigenvalue weighted by atomic mass is 10.1. The van der Waals surface area contributed by atoms with Crippen LogP contribution in [0.15, 0.2) is 59.1 Å². The van der Waals surface area contributed by atoms with Crippen molar-refractivity contribution < 1.29 is 13.7 Å². The molecule has 0 atom stereocenters. The van der Waals surface area contributed by atoms with Crippen molar-refractivity contribution in [2.45, 2.75) is 6.54 Å². The van der Waals surface area contributed by atoms with Crippen LogP contribution in [0.5, 0.6) is 0 Å². The smallest absolute Gasteiger partial charge is 0.251 e. The molecule has 0 spiro atoms. The third kappa shape index (κ3) is 3.57. The topological polar surface area (TPSA) is 55.1 Å². The molecule has 0 fully saturated rings. The van der Waals surface area contributed by atoms with E-state index in [1.165, 1.54) is 6.07 Å². The van der Waals surface area contributed by atoms with Crippen LogP contribution in [-0.4, -0.2) is 11.1 Å². The van der Waals surface area contributed by atoms with Crippen molar-refractivity contribution in [2.75, 3.05) is 0 Å². The summed E-state index contributed by atoms with van der Waals surface area (Å²) in [4.78, 5) is 12.0. The zero-order chi connectivity index (χ0) is 16.2. The molecule has 116 valence electrons. The molecule has 2 aromatic carbocycles. The van der Waals surface area contributed by atoms with Crippen LogP contribution >= 0.6 is 11.6 Å². The lowest BCUT2D eigenvalue weighted by molar-refractivity contribution is 0.0950. The largest absolute Gasteiger partial charge is 0.356 e. The van der Waals surface area contributed by atoms with Gasteiger partial charge in [-0.15, -0.1) is 0 Å². The number of nitrogens with zero attached hydrogens (tertiary/aromatic N) is 1. The minimum atomic E-state index is -0.389. The number of halogens is 2. The van der Waals surface area contributed by atoms with Crippen molar-refractivity contribution in [1.29, 1.82) is 0 Å². The molecule has 1 aromatic heterocycles.